The van der Waals surface area contributed by atoms with E-state index in [9.17, 15) is 4.79 Å². The van der Waals surface area contributed by atoms with Crippen LogP contribution in [0.2, 0.25) is 0 Å². The summed E-state index contributed by atoms with van der Waals surface area (Å²) in [5, 5.41) is 2.85. The molecule has 3 heterocycles. The molecular formula is C25H26N2O4. The predicted molar refractivity (Wildman–Crippen MR) is 118 cm³/mol. The summed E-state index contributed by atoms with van der Waals surface area (Å²) in [5.41, 5.74) is 0.683. The summed E-state index contributed by atoms with van der Waals surface area (Å²) in [7, 11) is 2.23. The van der Waals surface area contributed by atoms with Crippen LogP contribution in [-0.4, -0.2) is 36.0 Å². The number of carbonyl (C=O) groups excluding carboxylic acids is 1. The SMILES string of the molecule is CN1[C@@H]2CC[C@H]1CC(Oc1ccc(NC(=O)c3ccc(Oc4ccccc4)o3)cc1)C2. The normalized spacial score (nSPS) is 22.8. The Kier molecular flexibility index (Phi) is 5.38. The molecule has 31 heavy (non-hydrogen) atoms. The highest BCUT2D eigenvalue weighted by molar-refractivity contribution is 6.02. The largest absolute Gasteiger partial charge is 0.490 e. The number of furan rings is 1. The van der Waals surface area contributed by atoms with Gasteiger partial charge in [0, 0.05) is 23.8 Å². The minimum absolute atomic E-state index is 0.188. The van der Waals surface area contributed by atoms with Gasteiger partial charge >= 0.3 is 0 Å². The third-order valence-electron chi connectivity index (χ3n) is 6.24. The number of nitrogens with one attached hydrogen (secondary N) is 1. The summed E-state index contributed by atoms with van der Waals surface area (Å²) in [5.74, 6) is 1.62. The smallest absolute Gasteiger partial charge is 0.291 e. The molecule has 2 fully saturated rings. The number of amides is 1. The summed E-state index contributed by atoms with van der Waals surface area (Å²) in [4.78, 5) is 15.0. The lowest BCUT2D eigenvalue weighted by molar-refractivity contribution is 0.0662. The highest BCUT2D eigenvalue weighted by Gasteiger charge is 2.39. The van der Waals surface area contributed by atoms with E-state index in [0.29, 0.717) is 23.5 Å². The van der Waals surface area contributed by atoms with Crippen LogP contribution in [0.15, 0.2) is 71.1 Å². The topological polar surface area (TPSA) is 63.9 Å². The zero-order chi connectivity index (χ0) is 21.2. The Hall–Kier alpha value is -3.25. The van der Waals surface area contributed by atoms with Crippen molar-refractivity contribution in [3.63, 3.8) is 0 Å². The van der Waals surface area contributed by atoms with Crippen molar-refractivity contribution in [2.45, 2.75) is 43.9 Å². The molecule has 0 saturated carbocycles. The van der Waals surface area contributed by atoms with Gasteiger partial charge in [0.2, 0.25) is 0 Å². The molecule has 3 aromatic rings. The number of nitrogens with zero attached hydrogens (tertiary/aromatic N) is 1. The lowest BCUT2D eigenvalue weighted by atomic mass is 10.0. The second-order valence-corrected chi connectivity index (χ2v) is 8.27. The Bertz CT molecular complexity index is 1020. The number of rotatable bonds is 6. The van der Waals surface area contributed by atoms with E-state index in [1.165, 1.54) is 12.8 Å². The van der Waals surface area contributed by atoms with Gasteiger partial charge in [0.15, 0.2) is 5.76 Å². The number of fused-ring (bicyclic) bond motifs is 2. The Morgan fingerprint density at radius 1 is 0.935 bits per heavy atom. The van der Waals surface area contributed by atoms with Crippen molar-refractivity contribution in [2.75, 3.05) is 12.4 Å². The van der Waals surface area contributed by atoms with E-state index in [0.717, 1.165) is 18.6 Å². The van der Waals surface area contributed by atoms with Crippen molar-refractivity contribution in [2.24, 2.45) is 0 Å². The highest BCUT2D eigenvalue weighted by atomic mass is 16.6. The zero-order valence-electron chi connectivity index (χ0n) is 17.5. The molecule has 1 amide bonds. The molecule has 2 bridgehead atoms. The van der Waals surface area contributed by atoms with Gasteiger partial charge in [-0.15, -0.1) is 0 Å². The van der Waals surface area contributed by atoms with Crippen LogP contribution in [0.5, 0.6) is 17.4 Å². The van der Waals surface area contributed by atoms with Gasteiger partial charge in [-0.25, -0.2) is 0 Å². The molecule has 5 rings (SSSR count). The van der Waals surface area contributed by atoms with Gasteiger partial charge in [0.25, 0.3) is 11.9 Å². The second kappa shape index (κ2) is 8.47. The lowest BCUT2D eigenvalue weighted by Gasteiger charge is -2.36. The Morgan fingerprint density at radius 2 is 1.65 bits per heavy atom. The van der Waals surface area contributed by atoms with Crippen molar-refractivity contribution >= 4 is 11.6 Å². The minimum Gasteiger partial charge on any atom is -0.490 e. The number of hydrogen-bond acceptors (Lipinski definition) is 5. The summed E-state index contributed by atoms with van der Waals surface area (Å²) >= 11 is 0. The third-order valence-corrected chi connectivity index (χ3v) is 6.24. The van der Waals surface area contributed by atoms with Crippen LogP contribution < -0.4 is 14.8 Å². The molecule has 6 heteroatoms. The first-order chi connectivity index (χ1) is 15.1. The van der Waals surface area contributed by atoms with Crippen molar-refractivity contribution in [3.8, 4) is 17.4 Å². The molecule has 1 N–H and O–H groups in total. The van der Waals surface area contributed by atoms with Crippen LogP contribution in [0.4, 0.5) is 5.69 Å². The van der Waals surface area contributed by atoms with Gasteiger partial charge in [-0.2, -0.15) is 0 Å². The van der Waals surface area contributed by atoms with E-state index < -0.39 is 0 Å². The Labute approximate surface area is 181 Å². The van der Waals surface area contributed by atoms with Crippen LogP contribution >= 0.6 is 0 Å². The molecule has 0 aliphatic carbocycles. The Balaban J connectivity index is 1.16. The average molecular weight is 418 g/mol. The zero-order valence-corrected chi connectivity index (χ0v) is 17.5. The fourth-order valence-corrected chi connectivity index (χ4v) is 4.56. The first kappa shape index (κ1) is 19.7. The van der Waals surface area contributed by atoms with Crippen molar-refractivity contribution in [1.82, 2.24) is 4.90 Å². The van der Waals surface area contributed by atoms with Crippen LogP contribution in [0.3, 0.4) is 0 Å². The molecule has 2 aliphatic rings. The molecular weight excluding hydrogens is 392 g/mol. The molecule has 0 radical (unpaired) electrons. The molecule has 6 nitrogen and oxygen atoms in total. The maximum absolute atomic E-state index is 12.5. The van der Waals surface area contributed by atoms with Crippen molar-refractivity contribution in [1.29, 1.82) is 0 Å². The van der Waals surface area contributed by atoms with Crippen LogP contribution in [0.1, 0.15) is 36.2 Å². The van der Waals surface area contributed by atoms with Gasteiger partial charge in [-0.05, 0) is 75.2 Å². The Morgan fingerprint density at radius 3 is 2.35 bits per heavy atom. The number of anilines is 1. The molecule has 0 spiro atoms. The van der Waals surface area contributed by atoms with E-state index in [2.05, 4.69) is 17.3 Å². The first-order valence-electron chi connectivity index (χ1n) is 10.8. The van der Waals surface area contributed by atoms with Gasteiger partial charge in [-0.3, -0.25) is 4.79 Å². The first-order valence-corrected chi connectivity index (χ1v) is 10.8. The highest BCUT2D eigenvalue weighted by Crippen LogP contribution is 2.36. The molecule has 3 atom stereocenters. The monoisotopic (exact) mass is 418 g/mol. The van der Waals surface area contributed by atoms with Gasteiger partial charge in [0.1, 0.15) is 17.6 Å². The van der Waals surface area contributed by atoms with E-state index in [1.54, 1.807) is 12.1 Å². The minimum atomic E-state index is -0.330. The van der Waals surface area contributed by atoms with Crippen LogP contribution in [-0.2, 0) is 0 Å². The number of carbonyl (C=O) groups is 1. The summed E-state index contributed by atoms with van der Waals surface area (Å²) in [6.45, 7) is 0. The standard InChI is InChI=1S/C25H26N2O4/c1-27-18-9-10-19(27)16-22(15-18)29-21-11-7-17(8-12-21)26-25(28)23-13-14-24(31-23)30-20-5-3-2-4-6-20/h2-8,11-14,18-19,22H,9-10,15-16H2,1H3,(H,26,28)/t18-,19+,22?. The lowest BCUT2D eigenvalue weighted by Crippen LogP contribution is -2.43. The van der Waals surface area contributed by atoms with E-state index >= 15 is 0 Å². The molecule has 1 unspecified atom stereocenters. The van der Waals surface area contributed by atoms with E-state index in [1.807, 2.05) is 54.6 Å². The summed E-state index contributed by atoms with van der Waals surface area (Å²) in [6.07, 6.45) is 4.97. The van der Waals surface area contributed by atoms with Gasteiger partial charge in [-0.1, -0.05) is 18.2 Å². The molecule has 2 saturated heterocycles. The van der Waals surface area contributed by atoms with E-state index in [-0.39, 0.29) is 23.7 Å². The third kappa shape index (κ3) is 4.44. The number of piperidine rings is 1. The number of para-hydroxylation sites is 1. The fourth-order valence-electron chi connectivity index (χ4n) is 4.56. The quantitative estimate of drug-likeness (QED) is 0.586. The number of ether oxygens (including phenoxy) is 2. The van der Waals surface area contributed by atoms with Crippen molar-refractivity contribution < 1.29 is 18.7 Å². The van der Waals surface area contributed by atoms with E-state index in [4.69, 9.17) is 13.9 Å². The molecule has 160 valence electrons. The summed E-state index contributed by atoms with van der Waals surface area (Å²) in [6, 6.07) is 21.3. The fraction of sp³-hybridized carbons (Fsp3) is 0.320. The average Bonchev–Trinajstić information content (AvgIpc) is 3.31. The van der Waals surface area contributed by atoms with Crippen LogP contribution in [0, 0.1) is 0 Å². The second-order valence-electron chi connectivity index (χ2n) is 8.27. The molecule has 2 aliphatic heterocycles. The molecule has 1 aromatic heterocycles. The van der Waals surface area contributed by atoms with Gasteiger partial charge in [0.05, 0.1) is 0 Å². The number of hydrogen-bond donors (Lipinski definition) is 1. The predicted octanol–water partition coefficient (Wildman–Crippen LogP) is 5.33. The molecule has 2 aromatic carbocycles. The van der Waals surface area contributed by atoms with Crippen LogP contribution in [0.25, 0.3) is 0 Å². The van der Waals surface area contributed by atoms with Gasteiger partial charge < -0.3 is 24.1 Å². The van der Waals surface area contributed by atoms with Crippen molar-refractivity contribution in [3.05, 3.63) is 72.5 Å². The maximum Gasteiger partial charge on any atom is 0.291 e. The maximum atomic E-state index is 12.5. The summed E-state index contributed by atoms with van der Waals surface area (Å²) < 4.78 is 17.3. The number of benzene rings is 2.